The SMILES string of the molecule is Cc1nc(C(=O)c2ccc(F)c(Cl)c2)n(COCC[Si](C)(C)C)c1S(C)(=O)=O. The molecule has 6 nitrogen and oxygen atoms in total. The standard InChI is InChI=1S/C18H24ClFN2O4SSi/c1-12-18(27(2,24)25)22(11-26-8-9-28(3,4)5)17(21-12)16(23)13-6-7-15(20)14(19)10-13/h6-7,10H,8-9,11H2,1-5H3. The van der Waals surface area contributed by atoms with E-state index in [1.165, 1.54) is 23.6 Å². The summed E-state index contributed by atoms with van der Waals surface area (Å²) in [5.74, 6) is -1.30. The van der Waals surface area contributed by atoms with Crippen LogP contribution in [0.25, 0.3) is 0 Å². The molecule has 0 aliphatic carbocycles. The summed E-state index contributed by atoms with van der Waals surface area (Å²) < 4.78 is 44.8. The zero-order chi connectivity index (χ0) is 21.3. The van der Waals surface area contributed by atoms with E-state index >= 15 is 0 Å². The summed E-state index contributed by atoms with van der Waals surface area (Å²) >= 11 is 5.77. The Kier molecular flexibility index (Phi) is 6.85. The first-order valence-electron chi connectivity index (χ1n) is 8.66. The number of hydrogen-bond acceptors (Lipinski definition) is 5. The molecule has 0 fully saturated rings. The Hall–Kier alpha value is -1.55. The molecule has 0 saturated carbocycles. The van der Waals surface area contributed by atoms with Crippen LogP contribution in [0.2, 0.25) is 30.7 Å². The van der Waals surface area contributed by atoms with Crippen molar-refractivity contribution in [3.8, 4) is 0 Å². The smallest absolute Gasteiger partial charge is 0.228 e. The maximum atomic E-state index is 13.4. The molecule has 0 amide bonds. The van der Waals surface area contributed by atoms with E-state index in [0.29, 0.717) is 6.61 Å². The fourth-order valence-electron chi connectivity index (χ4n) is 2.62. The normalized spacial score (nSPS) is 12.4. The molecule has 1 aromatic carbocycles. The third-order valence-electron chi connectivity index (χ3n) is 4.04. The number of carbonyl (C=O) groups excluding carboxylic acids is 1. The topological polar surface area (TPSA) is 78.3 Å². The molecule has 1 aromatic heterocycles. The number of nitrogens with zero attached hydrogens (tertiary/aromatic N) is 2. The highest BCUT2D eigenvalue weighted by Gasteiger charge is 2.27. The molecule has 10 heteroatoms. The number of ether oxygens (including phenoxy) is 1. The molecule has 0 N–H and O–H groups in total. The van der Waals surface area contributed by atoms with Crippen molar-refractivity contribution in [3.05, 3.63) is 46.1 Å². The molecule has 0 radical (unpaired) electrons. The summed E-state index contributed by atoms with van der Waals surface area (Å²) in [6, 6.07) is 4.45. The molecule has 0 atom stereocenters. The number of aryl methyl sites for hydroxylation is 1. The van der Waals surface area contributed by atoms with Crippen molar-refractivity contribution in [2.75, 3.05) is 12.9 Å². The van der Waals surface area contributed by atoms with Crippen LogP contribution in [-0.2, 0) is 21.3 Å². The zero-order valence-corrected chi connectivity index (χ0v) is 19.1. The maximum Gasteiger partial charge on any atom is 0.228 e. The van der Waals surface area contributed by atoms with Gasteiger partial charge in [-0.3, -0.25) is 9.36 Å². The number of hydrogen-bond donors (Lipinski definition) is 0. The van der Waals surface area contributed by atoms with Gasteiger partial charge < -0.3 is 4.74 Å². The first-order valence-corrected chi connectivity index (χ1v) is 14.6. The predicted molar refractivity (Wildman–Crippen MR) is 109 cm³/mol. The van der Waals surface area contributed by atoms with Crippen LogP contribution in [0, 0.1) is 12.7 Å². The van der Waals surface area contributed by atoms with Crippen LogP contribution in [0.5, 0.6) is 0 Å². The lowest BCUT2D eigenvalue weighted by atomic mass is 10.1. The van der Waals surface area contributed by atoms with Crippen LogP contribution < -0.4 is 0 Å². The van der Waals surface area contributed by atoms with Crippen molar-refractivity contribution >= 4 is 35.3 Å². The van der Waals surface area contributed by atoms with Crippen LogP contribution >= 0.6 is 11.6 Å². The second-order valence-corrected chi connectivity index (χ2v) is 15.8. The van der Waals surface area contributed by atoms with Crippen molar-refractivity contribution in [2.24, 2.45) is 0 Å². The van der Waals surface area contributed by atoms with Gasteiger partial charge in [0.2, 0.25) is 5.78 Å². The molecule has 1 heterocycles. The Morgan fingerprint density at radius 1 is 1.32 bits per heavy atom. The van der Waals surface area contributed by atoms with Crippen LogP contribution in [0.1, 0.15) is 21.9 Å². The van der Waals surface area contributed by atoms with Crippen molar-refractivity contribution in [1.29, 1.82) is 0 Å². The number of carbonyl (C=O) groups is 1. The molecule has 0 aliphatic heterocycles. The molecule has 154 valence electrons. The number of benzene rings is 1. The van der Waals surface area contributed by atoms with Crippen molar-refractivity contribution in [1.82, 2.24) is 9.55 Å². The van der Waals surface area contributed by atoms with Gasteiger partial charge in [-0.05, 0) is 31.2 Å². The predicted octanol–water partition coefficient (Wildman–Crippen LogP) is 3.93. The van der Waals surface area contributed by atoms with Crippen molar-refractivity contribution < 1.29 is 22.3 Å². The molecule has 0 bridgehead atoms. The summed E-state index contributed by atoms with van der Waals surface area (Å²) in [6.45, 7) is 8.45. The number of sulfone groups is 1. The minimum Gasteiger partial charge on any atom is -0.361 e. The van der Waals surface area contributed by atoms with Gasteiger partial charge >= 0.3 is 0 Å². The number of aromatic nitrogens is 2. The molecule has 0 spiro atoms. The van der Waals surface area contributed by atoms with Gasteiger partial charge in [-0.1, -0.05) is 31.2 Å². The number of imidazole rings is 1. The number of ketones is 1. The van der Waals surface area contributed by atoms with Gasteiger partial charge in [-0.2, -0.15) is 0 Å². The molecular formula is C18H24ClFN2O4SSi. The van der Waals surface area contributed by atoms with Gasteiger partial charge in [0.25, 0.3) is 0 Å². The lowest BCUT2D eigenvalue weighted by Gasteiger charge is -2.16. The summed E-state index contributed by atoms with van der Waals surface area (Å²) in [4.78, 5) is 17.1. The summed E-state index contributed by atoms with van der Waals surface area (Å²) in [6.07, 6.45) is 1.05. The number of halogens is 2. The maximum absolute atomic E-state index is 13.4. The van der Waals surface area contributed by atoms with E-state index in [1.54, 1.807) is 0 Å². The highest BCUT2D eigenvalue weighted by atomic mass is 35.5. The molecule has 2 aromatic rings. The second kappa shape index (κ2) is 8.44. The molecule has 0 aliphatic rings. The first-order chi connectivity index (χ1) is 12.8. The third kappa shape index (κ3) is 5.50. The van der Waals surface area contributed by atoms with Gasteiger partial charge in [0.05, 0.1) is 10.7 Å². The van der Waals surface area contributed by atoms with E-state index in [-0.39, 0.29) is 33.9 Å². The first kappa shape index (κ1) is 22.7. The van der Waals surface area contributed by atoms with E-state index < -0.39 is 29.5 Å². The zero-order valence-electron chi connectivity index (χ0n) is 16.5. The van der Waals surface area contributed by atoms with E-state index in [9.17, 15) is 17.6 Å². The summed E-state index contributed by atoms with van der Waals surface area (Å²) in [7, 11) is -4.97. The van der Waals surface area contributed by atoms with Crippen LogP contribution in [0.3, 0.4) is 0 Å². The molecule has 0 saturated heterocycles. The largest absolute Gasteiger partial charge is 0.361 e. The lowest BCUT2D eigenvalue weighted by molar-refractivity contribution is 0.0763. The highest BCUT2D eigenvalue weighted by molar-refractivity contribution is 7.90. The average Bonchev–Trinajstić information content (AvgIpc) is 2.89. The van der Waals surface area contributed by atoms with Gasteiger partial charge in [0.15, 0.2) is 20.7 Å². The Labute approximate surface area is 170 Å². The minimum atomic E-state index is -3.65. The molecule has 0 unspecified atom stereocenters. The molecule has 28 heavy (non-hydrogen) atoms. The lowest BCUT2D eigenvalue weighted by Crippen LogP contribution is -2.23. The van der Waals surface area contributed by atoms with Gasteiger partial charge in [0.1, 0.15) is 12.5 Å². The van der Waals surface area contributed by atoms with Crippen LogP contribution in [0.15, 0.2) is 23.2 Å². The van der Waals surface area contributed by atoms with E-state index in [0.717, 1.165) is 18.4 Å². The minimum absolute atomic E-state index is 0.0722. The van der Waals surface area contributed by atoms with Gasteiger partial charge in [0, 0.05) is 26.5 Å². The van der Waals surface area contributed by atoms with E-state index in [1.807, 2.05) is 0 Å². The quantitative estimate of drug-likeness (QED) is 0.348. The van der Waals surface area contributed by atoms with Crippen LogP contribution in [-0.4, -0.2) is 44.7 Å². The van der Waals surface area contributed by atoms with E-state index in [4.69, 9.17) is 16.3 Å². The fourth-order valence-corrected chi connectivity index (χ4v) is 4.68. The Balaban J connectivity index is 2.43. The van der Waals surface area contributed by atoms with Gasteiger partial charge in [-0.15, -0.1) is 0 Å². The monoisotopic (exact) mass is 446 g/mol. The number of rotatable bonds is 8. The van der Waals surface area contributed by atoms with E-state index in [2.05, 4.69) is 24.6 Å². The summed E-state index contributed by atoms with van der Waals surface area (Å²) in [5.41, 5.74) is 0.313. The fraction of sp³-hybridized carbons (Fsp3) is 0.444. The highest BCUT2D eigenvalue weighted by Crippen LogP contribution is 2.23. The second-order valence-electron chi connectivity index (χ2n) is 7.83. The summed E-state index contributed by atoms with van der Waals surface area (Å²) in [5, 5.41) is -0.271. The van der Waals surface area contributed by atoms with Crippen molar-refractivity contribution in [2.45, 2.75) is 44.4 Å². The third-order valence-corrected chi connectivity index (χ3v) is 7.25. The molecule has 2 rings (SSSR count). The van der Waals surface area contributed by atoms with Crippen molar-refractivity contribution in [3.63, 3.8) is 0 Å². The Morgan fingerprint density at radius 2 is 1.96 bits per heavy atom. The Morgan fingerprint density at radius 3 is 2.50 bits per heavy atom. The molecular weight excluding hydrogens is 423 g/mol. The van der Waals surface area contributed by atoms with Gasteiger partial charge in [-0.25, -0.2) is 17.8 Å². The Bertz CT molecular complexity index is 1000. The average molecular weight is 447 g/mol. The van der Waals surface area contributed by atoms with Crippen LogP contribution in [0.4, 0.5) is 4.39 Å².